The third kappa shape index (κ3) is 2.02. The molecule has 112 valence electrons. The summed E-state index contributed by atoms with van der Waals surface area (Å²) in [6.45, 7) is 1.28. The van der Waals surface area contributed by atoms with Gasteiger partial charge in [0.15, 0.2) is 0 Å². The zero-order valence-corrected chi connectivity index (χ0v) is 12.1. The lowest BCUT2D eigenvalue weighted by Crippen LogP contribution is -2.45. The SMILES string of the molecule is NC1CN(C(=O)c2ccc(C3CC3)[nH]c2=O)CC12CCC2. The van der Waals surface area contributed by atoms with Crippen molar-refractivity contribution in [2.75, 3.05) is 13.1 Å². The fourth-order valence-electron chi connectivity index (χ4n) is 3.77. The van der Waals surface area contributed by atoms with Crippen LogP contribution >= 0.6 is 0 Å². The van der Waals surface area contributed by atoms with Crippen LogP contribution < -0.4 is 11.3 Å². The number of likely N-dealkylation sites (tertiary alicyclic amines) is 1. The third-order valence-corrected chi connectivity index (χ3v) is 5.53. The highest BCUT2D eigenvalue weighted by molar-refractivity contribution is 5.94. The van der Waals surface area contributed by atoms with Crippen LogP contribution in [0.2, 0.25) is 0 Å². The molecule has 5 nitrogen and oxygen atoms in total. The van der Waals surface area contributed by atoms with E-state index in [9.17, 15) is 9.59 Å². The lowest BCUT2D eigenvalue weighted by molar-refractivity contribution is 0.0725. The first-order valence-corrected chi connectivity index (χ1v) is 7.87. The molecule has 2 heterocycles. The molecule has 0 radical (unpaired) electrons. The minimum absolute atomic E-state index is 0.0556. The highest BCUT2D eigenvalue weighted by Gasteiger charge is 2.50. The van der Waals surface area contributed by atoms with Crippen molar-refractivity contribution in [1.82, 2.24) is 9.88 Å². The summed E-state index contributed by atoms with van der Waals surface area (Å²) in [4.78, 5) is 29.4. The van der Waals surface area contributed by atoms with E-state index >= 15 is 0 Å². The minimum atomic E-state index is -0.257. The molecule has 1 spiro atoms. The predicted octanol–water partition coefficient (Wildman–Crippen LogP) is 1.21. The Morgan fingerprint density at radius 3 is 2.62 bits per heavy atom. The van der Waals surface area contributed by atoms with Crippen molar-refractivity contribution >= 4 is 5.91 Å². The van der Waals surface area contributed by atoms with Crippen molar-refractivity contribution in [2.45, 2.75) is 44.1 Å². The van der Waals surface area contributed by atoms with Gasteiger partial charge in [-0.2, -0.15) is 0 Å². The summed E-state index contributed by atoms with van der Waals surface area (Å²) in [5.41, 5.74) is 7.29. The fraction of sp³-hybridized carbons (Fsp3) is 0.625. The van der Waals surface area contributed by atoms with Crippen LogP contribution in [0, 0.1) is 5.41 Å². The molecule has 1 saturated heterocycles. The van der Waals surface area contributed by atoms with Gasteiger partial charge in [-0.3, -0.25) is 9.59 Å². The second-order valence-electron chi connectivity index (χ2n) is 6.94. The van der Waals surface area contributed by atoms with Gasteiger partial charge < -0.3 is 15.6 Å². The Kier molecular flexibility index (Phi) is 2.76. The normalized spacial score (nSPS) is 26.9. The van der Waals surface area contributed by atoms with Gasteiger partial charge in [-0.05, 0) is 43.7 Å². The molecule has 0 bridgehead atoms. The van der Waals surface area contributed by atoms with E-state index in [2.05, 4.69) is 4.98 Å². The number of aromatic amines is 1. The highest BCUT2D eigenvalue weighted by Crippen LogP contribution is 2.47. The molecule has 3 aliphatic rings. The molecule has 21 heavy (non-hydrogen) atoms. The molecule has 5 heteroatoms. The van der Waals surface area contributed by atoms with E-state index in [1.807, 2.05) is 6.07 Å². The van der Waals surface area contributed by atoms with Crippen LogP contribution in [-0.4, -0.2) is 34.9 Å². The molecule has 1 aromatic heterocycles. The Balaban J connectivity index is 1.56. The van der Waals surface area contributed by atoms with Crippen LogP contribution in [-0.2, 0) is 0 Å². The number of H-pyrrole nitrogens is 1. The average molecular weight is 287 g/mol. The van der Waals surface area contributed by atoms with Gasteiger partial charge in [0.25, 0.3) is 11.5 Å². The molecule has 4 rings (SSSR count). The van der Waals surface area contributed by atoms with Crippen molar-refractivity contribution in [3.8, 4) is 0 Å². The molecule has 3 fully saturated rings. The Labute approximate surface area is 123 Å². The molecule has 1 unspecified atom stereocenters. The van der Waals surface area contributed by atoms with Crippen molar-refractivity contribution in [1.29, 1.82) is 0 Å². The van der Waals surface area contributed by atoms with E-state index in [1.165, 1.54) is 6.42 Å². The quantitative estimate of drug-likeness (QED) is 0.858. The summed E-state index contributed by atoms with van der Waals surface area (Å²) in [7, 11) is 0. The summed E-state index contributed by atoms with van der Waals surface area (Å²) in [6, 6.07) is 3.63. The van der Waals surface area contributed by atoms with E-state index in [4.69, 9.17) is 5.73 Å². The number of nitrogens with one attached hydrogen (secondary N) is 1. The van der Waals surface area contributed by atoms with E-state index in [-0.39, 0.29) is 28.5 Å². The maximum absolute atomic E-state index is 12.6. The maximum Gasteiger partial charge on any atom is 0.261 e. The third-order valence-electron chi connectivity index (χ3n) is 5.53. The van der Waals surface area contributed by atoms with Crippen LogP contribution in [0.4, 0.5) is 0 Å². The summed E-state index contributed by atoms with van der Waals surface area (Å²) in [5, 5.41) is 0. The number of hydrogen-bond acceptors (Lipinski definition) is 3. The number of carbonyl (C=O) groups excluding carboxylic acids is 1. The Morgan fingerprint density at radius 1 is 1.33 bits per heavy atom. The first-order chi connectivity index (χ1) is 10.1. The van der Waals surface area contributed by atoms with Gasteiger partial charge in [-0.1, -0.05) is 6.42 Å². The summed E-state index contributed by atoms with van der Waals surface area (Å²) >= 11 is 0. The number of nitrogens with zero attached hydrogens (tertiary/aromatic N) is 1. The van der Waals surface area contributed by atoms with Gasteiger partial charge in [-0.25, -0.2) is 0 Å². The molecular formula is C16H21N3O2. The van der Waals surface area contributed by atoms with Crippen LogP contribution in [0.3, 0.4) is 0 Å². The van der Waals surface area contributed by atoms with E-state index in [1.54, 1.807) is 11.0 Å². The summed E-state index contributed by atoms with van der Waals surface area (Å²) in [5.74, 6) is 0.318. The van der Waals surface area contributed by atoms with Crippen molar-refractivity contribution in [3.05, 3.63) is 33.7 Å². The Hall–Kier alpha value is -1.62. The molecule has 1 amide bonds. The molecule has 2 aliphatic carbocycles. The molecule has 1 aromatic rings. The largest absolute Gasteiger partial charge is 0.336 e. The smallest absolute Gasteiger partial charge is 0.261 e. The summed E-state index contributed by atoms with van der Waals surface area (Å²) < 4.78 is 0. The molecule has 2 saturated carbocycles. The minimum Gasteiger partial charge on any atom is -0.336 e. The van der Waals surface area contributed by atoms with Crippen molar-refractivity contribution in [3.63, 3.8) is 0 Å². The van der Waals surface area contributed by atoms with Crippen LogP contribution in [0.5, 0.6) is 0 Å². The molecule has 3 N–H and O–H groups in total. The number of amides is 1. The Morgan fingerprint density at radius 2 is 2.10 bits per heavy atom. The Bertz CT molecular complexity index is 643. The first kappa shape index (κ1) is 13.1. The van der Waals surface area contributed by atoms with Crippen LogP contribution in [0.25, 0.3) is 0 Å². The lowest BCUT2D eigenvalue weighted by Gasteiger charge is -2.41. The predicted molar refractivity (Wildman–Crippen MR) is 79.2 cm³/mol. The monoisotopic (exact) mass is 287 g/mol. The second-order valence-corrected chi connectivity index (χ2v) is 6.94. The number of hydrogen-bond donors (Lipinski definition) is 2. The molecule has 1 aliphatic heterocycles. The van der Waals surface area contributed by atoms with Gasteiger partial charge in [0.05, 0.1) is 0 Å². The standard InChI is InChI=1S/C16H21N3O2/c17-13-8-19(9-16(13)6-1-7-16)15(21)11-4-5-12(10-2-3-10)18-14(11)20/h4-5,10,13H,1-3,6-9,17H2,(H,18,20). The summed E-state index contributed by atoms with van der Waals surface area (Å²) in [6.07, 6.45) is 5.68. The van der Waals surface area contributed by atoms with Crippen LogP contribution in [0.15, 0.2) is 16.9 Å². The van der Waals surface area contributed by atoms with Gasteiger partial charge in [0.1, 0.15) is 5.56 Å². The zero-order chi connectivity index (χ0) is 14.6. The average Bonchev–Trinajstić information content (AvgIpc) is 3.19. The van der Waals surface area contributed by atoms with E-state index in [0.717, 1.165) is 31.4 Å². The number of carbonyl (C=O) groups is 1. The van der Waals surface area contributed by atoms with Gasteiger partial charge >= 0.3 is 0 Å². The number of pyridine rings is 1. The van der Waals surface area contributed by atoms with E-state index in [0.29, 0.717) is 19.0 Å². The lowest BCUT2D eigenvalue weighted by atomic mass is 9.66. The van der Waals surface area contributed by atoms with Gasteiger partial charge in [0, 0.05) is 30.2 Å². The number of rotatable bonds is 2. The zero-order valence-electron chi connectivity index (χ0n) is 12.1. The maximum atomic E-state index is 12.6. The first-order valence-electron chi connectivity index (χ1n) is 7.87. The molecular weight excluding hydrogens is 266 g/mol. The number of aromatic nitrogens is 1. The molecule has 1 atom stereocenters. The second kappa shape index (κ2) is 4.44. The highest BCUT2D eigenvalue weighted by atomic mass is 16.2. The van der Waals surface area contributed by atoms with Crippen molar-refractivity contribution < 1.29 is 4.79 Å². The number of nitrogens with two attached hydrogens (primary N) is 1. The topological polar surface area (TPSA) is 79.2 Å². The fourth-order valence-corrected chi connectivity index (χ4v) is 3.77. The van der Waals surface area contributed by atoms with Crippen LogP contribution in [0.1, 0.15) is 54.1 Å². The van der Waals surface area contributed by atoms with E-state index < -0.39 is 0 Å². The van der Waals surface area contributed by atoms with Gasteiger partial charge in [0.2, 0.25) is 0 Å². The molecule has 0 aromatic carbocycles. The van der Waals surface area contributed by atoms with Gasteiger partial charge in [-0.15, -0.1) is 0 Å². The van der Waals surface area contributed by atoms with Crippen molar-refractivity contribution in [2.24, 2.45) is 11.1 Å².